The summed E-state index contributed by atoms with van der Waals surface area (Å²) in [4.78, 5) is 11.8. The van der Waals surface area contributed by atoms with Crippen LogP contribution >= 0.6 is 0 Å². The lowest BCUT2D eigenvalue weighted by molar-refractivity contribution is -0.143. The van der Waals surface area contributed by atoms with E-state index in [1.54, 1.807) is 0 Å². The predicted molar refractivity (Wildman–Crippen MR) is 76.0 cm³/mol. The molecule has 142 valence electrons. The van der Waals surface area contributed by atoms with E-state index < -0.39 is 36.5 Å². The zero-order valence-electron chi connectivity index (χ0n) is 13.1. The summed E-state index contributed by atoms with van der Waals surface area (Å²) in [5.41, 5.74) is 0.965. The highest BCUT2D eigenvalue weighted by Gasteiger charge is 2.34. The fourth-order valence-corrected chi connectivity index (χ4v) is 1.80. The number of alkyl halides is 6. The Balaban J connectivity index is 1.93. The number of halogens is 6. The molecule has 0 aromatic carbocycles. The van der Waals surface area contributed by atoms with Crippen LogP contribution in [0, 0.1) is 0 Å². The van der Waals surface area contributed by atoms with Gasteiger partial charge < -0.3 is 0 Å². The molecule has 7 nitrogen and oxygen atoms in total. The molecule has 26 heavy (non-hydrogen) atoms. The molecular formula is C13H12F6N6O. The zero-order valence-corrected chi connectivity index (χ0v) is 13.1. The third-order valence-electron chi connectivity index (χ3n) is 3.05. The molecule has 0 fully saturated rings. The number of hydrazone groups is 1. The van der Waals surface area contributed by atoms with Gasteiger partial charge in [-0.3, -0.25) is 14.2 Å². The summed E-state index contributed by atoms with van der Waals surface area (Å²) in [7, 11) is 0. The molecule has 0 saturated carbocycles. The number of carbonyl (C=O) groups is 1. The molecule has 0 saturated heterocycles. The van der Waals surface area contributed by atoms with Crippen molar-refractivity contribution in [1.82, 2.24) is 25.0 Å². The molecule has 0 aliphatic carbocycles. The first-order valence-electron chi connectivity index (χ1n) is 7.01. The van der Waals surface area contributed by atoms with Crippen molar-refractivity contribution in [1.29, 1.82) is 0 Å². The van der Waals surface area contributed by atoms with Crippen LogP contribution in [-0.4, -0.2) is 37.9 Å². The van der Waals surface area contributed by atoms with Crippen LogP contribution < -0.4 is 5.43 Å². The van der Waals surface area contributed by atoms with E-state index in [0.717, 1.165) is 29.4 Å². The van der Waals surface area contributed by atoms with Crippen LogP contribution in [0.2, 0.25) is 0 Å². The van der Waals surface area contributed by atoms with Crippen LogP contribution in [0.4, 0.5) is 26.3 Å². The summed E-state index contributed by atoms with van der Waals surface area (Å²) in [5.74, 6) is -0.771. The summed E-state index contributed by atoms with van der Waals surface area (Å²) in [6.45, 7) is 0.0289. The topological polar surface area (TPSA) is 77.1 Å². The lowest BCUT2D eigenvalue weighted by Gasteiger charge is -2.10. The van der Waals surface area contributed by atoms with Crippen molar-refractivity contribution in [2.75, 3.05) is 0 Å². The maximum Gasteiger partial charge on any atom is 0.435 e. The fourth-order valence-electron chi connectivity index (χ4n) is 1.80. The van der Waals surface area contributed by atoms with Crippen molar-refractivity contribution in [2.45, 2.75) is 31.9 Å². The number of amides is 1. The molecule has 2 heterocycles. The Morgan fingerprint density at radius 1 is 1.23 bits per heavy atom. The number of aromatic nitrogens is 4. The highest BCUT2D eigenvalue weighted by molar-refractivity contribution is 5.82. The molecule has 0 aliphatic heterocycles. The second-order valence-electron chi connectivity index (χ2n) is 5.14. The van der Waals surface area contributed by atoms with Crippen LogP contribution in [0.3, 0.4) is 0 Å². The SMILES string of the molecule is C[C@@H](C(=O)N/N=C\c1ccn(CC(F)(F)F)n1)n1ccc(C(F)(F)F)n1. The minimum absolute atomic E-state index is 0.0562. The second kappa shape index (κ2) is 7.17. The van der Waals surface area contributed by atoms with E-state index in [0.29, 0.717) is 4.68 Å². The highest BCUT2D eigenvalue weighted by Crippen LogP contribution is 2.27. The van der Waals surface area contributed by atoms with Crippen molar-refractivity contribution in [3.8, 4) is 0 Å². The molecule has 1 N–H and O–H groups in total. The molecule has 2 aromatic rings. The van der Waals surface area contributed by atoms with Crippen LogP contribution in [-0.2, 0) is 17.5 Å². The lowest BCUT2D eigenvalue weighted by Crippen LogP contribution is -2.28. The van der Waals surface area contributed by atoms with Crippen molar-refractivity contribution < 1.29 is 31.1 Å². The monoisotopic (exact) mass is 382 g/mol. The molecule has 0 radical (unpaired) electrons. The maximum absolute atomic E-state index is 12.5. The first-order chi connectivity index (χ1) is 12.0. The van der Waals surface area contributed by atoms with Gasteiger partial charge in [-0.25, -0.2) is 5.43 Å². The normalized spacial score (nSPS) is 14.0. The van der Waals surface area contributed by atoms with Crippen LogP contribution in [0.25, 0.3) is 0 Å². The summed E-state index contributed by atoms with van der Waals surface area (Å²) in [6.07, 6.45) is -5.98. The third kappa shape index (κ3) is 5.32. The highest BCUT2D eigenvalue weighted by atomic mass is 19.4. The Hall–Kier alpha value is -2.86. The van der Waals surface area contributed by atoms with Crippen molar-refractivity contribution in [3.05, 3.63) is 35.9 Å². The Morgan fingerprint density at radius 3 is 2.50 bits per heavy atom. The smallest absolute Gasteiger partial charge is 0.271 e. The molecule has 0 aliphatic rings. The molecule has 1 amide bonds. The van der Waals surface area contributed by atoms with Crippen molar-refractivity contribution >= 4 is 12.1 Å². The molecule has 13 heteroatoms. The van der Waals surface area contributed by atoms with Gasteiger partial charge in [0, 0.05) is 12.4 Å². The minimum atomic E-state index is -4.63. The molecule has 0 spiro atoms. The minimum Gasteiger partial charge on any atom is -0.271 e. The molecule has 1 atom stereocenters. The van der Waals surface area contributed by atoms with Crippen LogP contribution in [0.15, 0.2) is 29.6 Å². The van der Waals surface area contributed by atoms with E-state index in [-0.39, 0.29) is 5.69 Å². The maximum atomic E-state index is 12.5. The van der Waals surface area contributed by atoms with Gasteiger partial charge in [0.25, 0.3) is 5.91 Å². The third-order valence-corrected chi connectivity index (χ3v) is 3.05. The number of hydrogen-bond acceptors (Lipinski definition) is 4. The van der Waals surface area contributed by atoms with Gasteiger partial charge in [0.1, 0.15) is 18.3 Å². The van der Waals surface area contributed by atoms with Crippen molar-refractivity contribution in [3.63, 3.8) is 0 Å². The number of carbonyl (C=O) groups excluding carboxylic acids is 1. The number of rotatable bonds is 5. The molecule has 2 aromatic heterocycles. The number of hydrogen-bond donors (Lipinski definition) is 1. The molecule has 0 bridgehead atoms. The van der Waals surface area contributed by atoms with Crippen LogP contribution in [0.5, 0.6) is 0 Å². The van der Waals surface area contributed by atoms with E-state index in [9.17, 15) is 31.1 Å². The first kappa shape index (κ1) is 19.5. The molecule has 0 unspecified atom stereocenters. The van der Waals surface area contributed by atoms with E-state index in [2.05, 4.69) is 20.7 Å². The molecule has 2 rings (SSSR count). The van der Waals surface area contributed by atoms with Gasteiger partial charge in [-0.05, 0) is 19.1 Å². The Bertz CT molecular complexity index is 790. The fraction of sp³-hybridized carbons (Fsp3) is 0.385. The van der Waals surface area contributed by atoms with Gasteiger partial charge in [-0.15, -0.1) is 0 Å². The van der Waals surface area contributed by atoms with Crippen LogP contribution in [0.1, 0.15) is 24.4 Å². The number of nitrogens with zero attached hydrogens (tertiary/aromatic N) is 5. The zero-order chi connectivity index (χ0) is 19.5. The average molecular weight is 382 g/mol. The van der Waals surface area contributed by atoms with Gasteiger partial charge in [0.2, 0.25) is 0 Å². The van der Waals surface area contributed by atoms with Gasteiger partial charge in [0.15, 0.2) is 5.69 Å². The summed E-state index contributed by atoms with van der Waals surface area (Å²) < 4.78 is 75.5. The quantitative estimate of drug-likeness (QED) is 0.490. The van der Waals surface area contributed by atoms with Gasteiger partial charge in [-0.1, -0.05) is 0 Å². The lowest BCUT2D eigenvalue weighted by atomic mass is 10.3. The van der Waals surface area contributed by atoms with Gasteiger partial charge in [0.05, 0.1) is 6.21 Å². The molecular weight excluding hydrogens is 370 g/mol. The van der Waals surface area contributed by atoms with E-state index in [4.69, 9.17) is 0 Å². The Labute approximate surface area is 142 Å². The summed E-state index contributed by atoms with van der Waals surface area (Å²) in [5, 5.41) is 10.4. The first-order valence-corrected chi connectivity index (χ1v) is 7.01. The van der Waals surface area contributed by atoms with E-state index in [1.807, 2.05) is 0 Å². The number of nitrogens with one attached hydrogen (secondary N) is 1. The predicted octanol–water partition coefficient (Wildman–Crippen LogP) is 2.37. The largest absolute Gasteiger partial charge is 0.435 e. The van der Waals surface area contributed by atoms with Gasteiger partial charge in [-0.2, -0.15) is 41.6 Å². The summed E-state index contributed by atoms with van der Waals surface area (Å²) in [6, 6.07) is 0.875. The van der Waals surface area contributed by atoms with Gasteiger partial charge >= 0.3 is 12.4 Å². The Morgan fingerprint density at radius 2 is 1.92 bits per heavy atom. The Kier molecular flexibility index (Phi) is 5.37. The standard InChI is InChI=1S/C13H12F6N6O/c1-8(25-5-3-10(23-25)13(17,18)19)11(26)21-20-6-9-2-4-24(22-9)7-12(14,15)16/h2-6,8H,7H2,1H3,(H,21,26)/b20-6-/t8-/m0/s1. The van der Waals surface area contributed by atoms with E-state index in [1.165, 1.54) is 13.0 Å². The van der Waals surface area contributed by atoms with E-state index >= 15 is 0 Å². The average Bonchev–Trinajstić information content (AvgIpc) is 3.13. The van der Waals surface area contributed by atoms with Crippen molar-refractivity contribution in [2.24, 2.45) is 5.10 Å². The summed E-state index contributed by atoms with van der Waals surface area (Å²) >= 11 is 0. The second-order valence-corrected chi connectivity index (χ2v) is 5.14.